The molecule has 4 aliphatic rings. The van der Waals surface area contributed by atoms with E-state index in [9.17, 15) is 79.5 Å². The van der Waals surface area contributed by atoms with Crippen LogP contribution in [0.1, 0.15) is 81.3 Å². The van der Waals surface area contributed by atoms with Gasteiger partial charge < -0.3 is 87.1 Å². The molecule has 4 aromatic carbocycles. The molecule has 3 saturated heterocycles. The number of amides is 7. The Bertz CT molecular complexity index is 2940. The van der Waals surface area contributed by atoms with Crippen LogP contribution >= 0.6 is 0 Å². The summed E-state index contributed by atoms with van der Waals surface area (Å²) in [7, 11) is 0. The lowest BCUT2D eigenvalue weighted by molar-refractivity contribution is -0.148. The predicted octanol–water partition coefficient (Wildman–Crippen LogP) is -0.927. The lowest BCUT2D eigenvalue weighted by atomic mass is 9.96. The molecular formula is C59H73N7O17. The lowest BCUT2D eigenvalue weighted by Crippen LogP contribution is -2.64. The zero-order chi connectivity index (χ0) is 60.0. The van der Waals surface area contributed by atoms with Crippen molar-refractivity contribution in [1.29, 1.82) is 0 Å². The van der Waals surface area contributed by atoms with Crippen molar-refractivity contribution in [1.82, 2.24) is 36.4 Å². The van der Waals surface area contributed by atoms with Gasteiger partial charge in [0.25, 0.3) is 5.91 Å². The average molecular weight is 1150 g/mol. The SMILES string of the molecule is C[C@@H](O)C1NC(=O)C([C@H](O)[C@@H](O)c2ccc(O)cc2)NC(=O)[C@@H]2C[C@@H](O)CN2C(=O)C([C@@H](C)O)NC(=O)[C@@H](NC(=O)c2ccc(-c3ccc(-c4ccc(OCCCC5CC5)cc4)cc3)cc2)C[C@@H](O)[C@@H](O)NC(=O)C2[C@@H](O)[C@@H](C)CN2C1=O. The molecule has 24 heteroatoms. The first kappa shape index (κ1) is 61.5. The Balaban J connectivity index is 1.06. The van der Waals surface area contributed by atoms with Crippen LogP contribution in [-0.4, -0.2) is 196 Å². The second-order valence-corrected chi connectivity index (χ2v) is 22.2. The zero-order valence-electron chi connectivity index (χ0n) is 46.0. The molecule has 4 fully saturated rings. The van der Waals surface area contributed by atoms with Gasteiger partial charge >= 0.3 is 0 Å². The highest BCUT2D eigenvalue weighted by atomic mass is 16.5. The molecule has 446 valence electrons. The summed E-state index contributed by atoms with van der Waals surface area (Å²) in [5.41, 5.74) is 3.40. The number of nitrogens with zero attached hydrogens (tertiary/aromatic N) is 2. The first-order chi connectivity index (χ1) is 39.5. The number of benzene rings is 4. The number of aromatic hydroxyl groups is 1. The van der Waals surface area contributed by atoms with Crippen molar-refractivity contribution in [2.45, 2.75) is 145 Å². The van der Waals surface area contributed by atoms with Crippen molar-refractivity contribution in [3.63, 3.8) is 0 Å². The van der Waals surface area contributed by atoms with Crippen LogP contribution in [0.4, 0.5) is 0 Å². The summed E-state index contributed by atoms with van der Waals surface area (Å²) < 4.78 is 5.92. The van der Waals surface area contributed by atoms with E-state index in [1.165, 1.54) is 50.5 Å². The van der Waals surface area contributed by atoms with E-state index in [-0.39, 0.29) is 23.4 Å². The second-order valence-electron chi connectivity index (χ2n) is 22.2. The lowest BCUT2D eigenvalue weighted by Gasteiger charge is -2.34. The van der Waals surface area contributed by atoms with Crippen molar-refractivity contribution in [2.75, 3.05) is 19.7 Å². The molecule has 4 aromatic rings. The normalized spacial score (nSPS) is 28.3. The molecule has 0 aromatic heterocycles. The van der Waals surface area contributed by atoms with Gasteiger partial charge in [-0.15, -0.1) is 0 Å². The predicted molar refractivity (Wildman–Crippen MR) is 296 cm³/mol. The van der Waals surface area contributed by atoms with Gasteiger partial charge in [0.05, 0.1) is 31.0 Å². The molecule has 8 rings (SSSR count). The highest BCUT2D eigenvalue weighted by molar-refractivity contribution is 6.00. The third kappa shape index (κ3) is 14.8. The summed E-state index contributed by atoms with van der Waals surface area (Å²) in [5, 5.41) is 111. The van der Waals surface area contributed by atoms with Crippen molar-refractivity contribution in [3.05, 3.63) is 108 Å². The van der Waals surface area contributed by atoms with Gasteiger partial charge in [-0.2, -0.15) is 0 Å². The third-order valence-electron chi connectivity index (χ3n) is 15.7. The summed E-state index contributed by atoms with van der Waals surface area (Å²) >= 11 is 0. The molecule has 3 heterocycles. The maximum absolute atomic E-state index is 14.5. The number of carbonyl (C=O) groups is 7. The van der Waals surface area contributed by atoms with Crippen LogP contribution in [0.15, 0.2) is 97.1 Å². The van der Waals surface area contributed by atoms with Gasteiger partial charge in [-0.25, -0.2) is 0 Å². The Hall–Kier alpha value is -7.55. The van der Waals surface area contributed by atoms with E-state index >= 15 is 0 Å². The van der Waals surface area contributed by atoms with Crippen LogP contribution < -0.4 is 31.3 Å². The van der Waals surface area contributed by atoms with Crippen molar-refractivity contribution >= 4 is 41.4 Å². The Labute approximate surface area is 478 Å². The maximum atomic E-state index is 14.5. The van der Waals surface area contributed by atoms with Crippen LogP contribution in [0.2, 0.25) is 0 Å². The van der Waals surface area contributed by atoms with Crippen molar-refractivity contribution in [2.24, 2.45) is 11.8 Å². The molecule has 4 unspecified atom stereocenters. The van der Waals surface area contributed by atoms with Gasteiger partial charge in [0.15, 0.2) is 6.23 Å². The summed E-state index contributed by atoms with van der Waals surface area (Å²) in [5.74, 6) is -7.80. The number of nitrogens with one attached hydrogen (secondary N) is 5. The van der Waals surface area contributed by atoms with Gasteiger partial charge in [-0.1, -0.05) is 80.4 Å². The number of phenols is 1. The molecule has 0 radical (unpaired) electrons. The summed E-state index contributed by atoms with van der Waals surface area (Å²) in [6, 6.07) is 14.9. The van der Waals surface area contributed by atoms with E-state index in [1.54, 1.807) is 12.1 Å². The van der Waals surface area contributed by atoms with E-state index < -0.39 is 152 Å². The molecule has 14 N–H and O–H groups in total. The number of fused-ring (bicyclic) bond motifs is 2. The number of aliphatic hydroxyl groups excluding tert-OH is 8. The van der Waals surface area contributed by atoms with E-state index in [0.717, 1.165) is 76.1 Å². The molecule has 7 amide bonds. The summed E-state index contributed by atoms with van der Waals surface area (Å²) in [4.78, 5) is 102. The minimum atomic E-state index is -2.29. The topological polar surface area (TPSA) is 377 Å². The van der Waals surface area contributed by atoms with Crippen LogP contribution in [0.5, 0.6) is 11.5 Å². The number of hydrogen-bond donors (Lipinski definition) is 14. The molecule has 3 aliphatic heterocycles. The Kier molecular flexibility index (Phi) is 19.9. The quantitative estimate of drug-likeness (QED) is 0.0679. The minimum Gasteiger partial charge on any atom is -0.508 e. The van der Waals surface area contributed by atoms with E-state index in [4.69, 9.17) is 4.74 Å². The minimum absolute atomic E-state index is 0.0124. The first-order valence-electron chi connectivity index (χ1n) is 27.8. The molecular weight excluding hydrogens is 1080 g/mol. The molecule has 0 bridgehead atoms. The second kappa shape index (κ2) is 26.8. The summed E-state index contributed by atoms with van der Waals surface area (Å²) in [6.07, 6.45) is -11.9. The van der Waals surface area contributed by atoms with Gasteiger partial charge in [0, 0.05) is 37.4 Å². The van der Waals surface area contributed by atoms with E-state index in [0.29, 0.717) is 6.61 Å². The average Bonchev–Trinajstić information content (AvgIpc) is 4.20. The Morgan fingerprint density at radius 3 is 1.73 bits per heavy atom. The first-order valence-corrected chi connectivity index (χ1v) is 27.8. The monoisotopic (exact) mass is 1150 g/mol. The molecule has 83 heavy (non-hydrogen) atoms. The fourth-order valence-corrected chi connectivity index (χ4v) is 10.6. The number of phenolic OH excluding ortho intramolecular Hbond substituents is 1. The van der Waals surface area contributed by atoms with Crippen LogP contribution in [-0.2, 0) is 28.8 Å². The van der Waals surface area contributed by atoms with E-state index in [2.05, 4.69) is 26.6 Å². The summed E-state index contributed by atoms with van der Waals surface area (Å²) in [6.45, 7) is 3.38. The van der Waals surface area contributed by atoms with Gasteiger partial charge in [-0.05, 0) is 96.8 Å². The van der Waals surface area contributed by atoms with Gasteiger partial charge in [-0.3, -0.25) is 33.6 Å². The maximum Gasteiger partial charge on any atom is 0.251 e. The number of hydrogen-bond acceptors (Lipinski definition) is 17. The van der Waals surface area contributed by atoms with Crippen LogP contribution in [0.25, 0.3) is 22.3 Å². The fraction of sp³-hybridized carbons (Fsp3) is 0.475. The number of aliphatic hydroxyl groups is 8. The highest BCUT2D eigenvalue weighted by Gasteiger charge is 2.50. The van der Waals surface area contributed by atoms with Gasteiger partial charge in [0.2, 0.25) is 35.4 Å². The van der Waals surface area contributed by atoms with Crippen LogP contribution in [0, 0.1) is 11.8 Å². The standard InChI is InChI=1S/C59H73N7O17/c1-29-27-66-48(49(29)72)57(80)64-55(78)44(71)26-42(60-52(75)38-14-12-35(13-15-38)33-8-10-34(11-9-33)36-18-22-41(23-19-36)83-24-4-5-32-6-7-32)53(76)61-45(30(2)67)58(81)65-28-40(70)25-43(65)54(77)63-47(56(79)62-46(31(3)68)59(66)82)51(74)50(73)37-16-20-39(69)21-17-37/h8-23,29-32,40,42-51,55,67-74,78H,4-7,24-28H2,1-3H3,(H,60,75)(H,61,76)(H,62,79)(H,63,77)(H,64,80)/t29-,30+,31+,40+,42-,43-,44+,45?,46?,47?,48?,49-,50-,51-,55+/m0/s1. The Morgan fingerprint density at radius 2 is 1.17 bits per heavy atom. The van der Waals surface area contributed by atoms with Crippen molar-refractivity contribution in [3.8, 4) is 33.8 Å². The highest BCUT2D eigenvalue weighted by Crippen LogP contribution is 2.34. The van der Waals surface area contributed by atoms with Crippen molar-refractivity contribution < 1.29 is 84.3 Å². The third-order valence-corrected chi connectivity index (χ3v) is 15.7. The number of carbonyl (C=O) groups excluding carboxylic acids is 7. The van der Waals surface area contributed by atoms with E-state index in [1.807, 2.05) is 48.5 Å². The smallest absolute Gasteiger partial charge is 0.251 e. The Morgan fingerprint density at radius 1 is 0.639 bits per heavy atom. The number of ether oxygens (including phenoxy) is 1. The molecule has 1 saturated carbocycles. The number of rotatable bonds is 14. The van der Waals surface area contributed by atoms with Crippen LogP contribution in [0.3, 0.4) is 0 Å². The fourth-order valence-electron chi connectivity index (χ4n) is 10.6. The zero-order valence-corrected chi connectivity index (χ0v) is 46.0. The largest absolute Gasteiger partial charge is 0.508 e. The molecule has 0 spiro atoms. The molecule has 15 atom stereocenters. The molecule has 1 aliphatic carbocycles. The van der Waals surface area contributed by atoms with Gasteiger partial charge in [0.1, 0.15) is 66.1 Å². The molecule has 24 nitrogen and oxygen atoms in total.